The summed E-state index contributed by atoms with van der Waals surface area (Å²) in [5.41, 5.74) is 2.24. The van der Waals surface area contributed by atoms with Crippen molar-refractivity contribution in [3.05, 3.63) is 57.8 Å². The molecule has 1 aliphatic heterocycles. The smallest absolute Gasteiger partial charge is 0.242 e. The topological polar surface area (TPSA) is 99.5 Å². The molecule has 1 fully saturated rings. The normalized spacial score (nSPS) is 21.6. The molecule has 0 bridgehead atoms. The largest absolute Gasteiger partial charge is 0.394 e. The lowest BCUT2D eigenvalue weighted by atomic mass is 10.0. The molecule has 2 aromatic heterocycles. The first-order valence-corrected chi connectivity index (χ1v) is 12.1. The predicted molar refractivity (Wildman–Crippen MR) is 123 cm³/mol. The van der Waals surface area contributed by atoms with Crippen molar-refractivity contribution in [2.75, 3.05) is 19.0 Å². The van der Waals surface area contributed by atoms with Crippen LogP contribution < -0.4 is 10.0 Å². The molecular formula is C20H21ClFN5O3S2. The minimum absolute atomic E-state index is 0.00884. The fourth-order valence-corrected chi connectivity index (χ4v) is 5.69. The highest BCUT2D eigenvalue weighted by molar-refractivity contribution is 7.80. The molecule has 0 saturated carbocycles. The highest BCUT2D eigenvalue weighted by atomic mass is 35.5. The third kappa shape index (κ3) is 4.92. The van der Waals surface area contributed by atoms with Gasteiger partial charge in [0.1, 0.15) is 11.9 Å². The Kier molecular flexibility index (Phi) is 7.03. The fourth-order valence-electron chi connectivity index (χ4n) is 3.41. The van der Waals surface area contributed by atoms with Gasteiger partial charge >= 0.3 is 0 Å². The van der Waals surface area contributed by atoms with Crippen molar-refractivity contribution in [3.8, 4) is 11.1 Å². The van der Waals surface area contributed by atoms with Gasteiger partial charge in [0.05, 0.1) is 30.4 Å². The predicted octanol–water partition coefficient (Wildman–Crippen LogP) is 2.95. The zero-order chi connectivity index (χ0) is 22.8. The lowest BCUT2D eigenvalue weighted by Gasteiger charge is -2.35. The van der Waals surface area contributed by atoms with E-state index in [0.717, 1.165) is 16.0 Å². The molecule has 12 heteroatoms. The highest BCUT2D eigenvalue weighted by Gasteiger charge is 2.37. The summed E-state index contributed by atoms with van der Waals surface area (Å²) in [4.78, 5) is 13.9. The number of hydrogen-bond donors (Lipinski definition) is 3. The molecule has 1 aliphatic rings. The van der Waals surface area contributed by atoms with E-state index in [0.29, 0.717) is 18.7 Å². The average molecular weight is 498 g/mol. The molecule has 4 rings (SSSR count). The molecule has 0 radical (unpaired) electrons. The van der Waals surface area contributed by atoms with Crippen LogP contribution in [-0.2, 0) is 22.5 Å². The zero-order valence-corrected chi connectivity index (χ0v) is 19.4. The van der Waals surface area contributed by atoms with Gasteiger partial charge in [0.2, 0.25) is 5.91 Å². The van der Waals surface area contributed by atoms with Crippen molar-refractivity contribution < 1.29 is 18.5 Å². The van der Waals surface area contributed by atoms with Crippen molar-refractivity contribution in [2.45, 2.75) is 25.0 Å². The third-order valence-corrected chi connectivity index (χ3v) is 7.75. The number of likely N-dealkylation sites (N-methyl/N-ethyl adjacent to an activating group) is 1. The SMILES string of the molecule is CN1C(C(=O)Nc2ccc(F)c(Cl)c2)CC(c2cc(-c3cnn(CCO)c3)cs2)NS1=O. The van der Waals surface area contributed by atoms with E-state index in [1.807, 2.05) is 17.6 Å². The number of carbonyl (C=O) groups excluding carboxylic acids is 1. The number of thiophene rings is 1. The molecule has 3 N–H and O–H groups in total. The molecule has 3 heterocycles. The van der Waals surface area contributed by atoms with E-state index in [1.165, 1.54) is 33.8 Å². The Balaban J connectivity index is 1.49. The van der Waals surface area contributed by atoms with E-state index in [2.05, 4.69) is 15.1 Å². The van der Waals surface area contributed by atoms with Crippen molar-refractivity contribution in [2.24, 2.45) is 0 Å². The monoisotopic (exact) mass is 497 g/mol. The van der Waals surface area contributed by atoms with Gasteiger partial charge in [0.25, 0.3) is 0 Å². The first-order chi connectivity index (χ1) is 15.4. The van der Waals surface area contributed by atoms with E-state index in [1.54, 1.807) is 17.9 Å². The minimum Gasteiger partial charge on any atom is -0.394 e. The maximum Gasteiger partial charge on any atom is 0.242 e. The maximum absolute atomic E-state index is 13.4. The minimum atomic E-state index is -1.57. The Bertz CT molecular complexity index is 1150. The number of aliphatic hydroxyl groups excluding tert-OH is 1. The Morgan fingerprint density at radius 3 is 3.00 bits per heavy atom. The summed E-state index contributed by atoms with van der Waals surface area (Å²) in [5, 5.41) is 17.9. The number of aliphatic hydroxyl groups is 1. The molecule has 1 amide bonds. The van der Waals surface area contributed by atoms with E-state index >= 15 is 0 Å². The quantitative estimate of drug-likeness (QED) is 0.487. The summed E-state index contributed by atoms with van der Waals surface area (Å²) in [6.07, 6.45) is 3.98. The first-order valence-electron chi connectivity index (χ1n) is 9.74. The van der Waals surface area contributed by atoms with Crippen LogP contribution >= 0.6 is 22.9 Å². The number of anilines is 1. The molecule has 1 saturated heterocycles. The Morgan fingerprint density at radius 1 is 1.44 bits per heavy atom. The standard InChI is InChI=1S/C20H21ClFN5O3S2/c1-26-18(20(29)24-14-2-3-16(22)15(21)7-14)8-17(25-32(26)30)19-6-12(11-31-19)13-9-23-27(10-13)4-5-28/h2-3,6-7,9-11,17-18,25,28H,4-5,8H2,1H3,(H,24,29). The third-order valence-electron chi connectivity index (χ3n) is 5.15. The molecular weight excluding hydrogens is 477 g/mol. The number of carbonyl (C=O) groups is 1. The molecule has 1 aromatic carbocycles. The molecule has 32 heavy (non-hydrogen) atoms. The van der Waals surface area contributed by atoms with Crippen LogP contribution in [0.1, 0.15) is 17.3 Å². The molecule has 3 unspecified atom stereocenters. The number of halogens is 2. The number of rotatable bonds is 6. The van der Waals surface area contributed by atoms with Crippen LogP contribution in [0.15, 0.2) is 42.0 Å². The van der Waals surface area contributed by atoms with E-state index in [9.17, 15) is 13.4 Å². The number of hydrogen-bond acceptors (Lipinski definition) is 5. The van der Waals surface area contributed by atoms with Gasteiger partial charge in [-0.2, -0.15) is 5.10 Å². The number of amides is 1. The summed E-state index contributed by atoms with van der Waals surface area (Å²) in [7, 11) is 1.61. The molecule has 8 nitrogen and oxygen atoms in total. The van der Waals surface area contributed by atoms with Crippen molar-refractivity contribution >= 4 is 45.7 Å². The van der Waals surface area contributed by atoms with Gasteiger partial charge in [-0.25, -0.2) is 17.6 Å². The van der Waals surface area contributed by atoms with Crippen LogP contribution in [0.5, 0.6) is 0 Å². The first kappa shape index (κ1) is 23.0. The lowest BCUT2D eigenvalue weighted by molar-refractivity contribution is -0.120. The van der Waals surface area contributed by atoms with Crippen LogP contribution in [0.4, 0.5) is 10.1 Å². The van der Waals surface area contributed by atoms with Gasteiger partial charge in [-0.15, -0.1) is 11.3 Å². The number of nitrogens with one attached hydrogen (secondary N) is 2. The molecule has 170 valence electrons. The summed E-state index contributed by atoms with van der Waals surface area (Å²) in [6.45, 7) is 0.428. The van der Waals surface area contributed by atoms with Gasteiger partial charge in [-0.3, -0.25) is 9.48 Å². The Labute approximate surface area is 195 Å². The van der Waals surface area contributed by atoms with Crippen LogP contribution in [0.2, 0.25) is 5.02 Å². The van der Waals surface area contributed by atoms with Crippen LogP contribution in [0, 0.1) is 5.82 Å². The highest BCUT2D eigenvalue weighted by Crippen LogP contribution is 2.34. The van der Waals surface area contributed by atoms with E-state index in [-0.39, 0.29) is 23.6 Å². The van der Waals surface area contributed by atoms with E-state index in [4.69, 9.17) is 16.7 Å². The molecule has 3 atom stereocenters. The van der Waals surface area contributed by atoms with Gasteiger partial charge in [-0.1, -0.05) is 11.6 Å². The Hall–Kier alpha value is -2.15. The summed E-state index contributed by atoms with van der Waals surface area (Å²) in [6, 6.07) is 4.99. The van der Waals surface area contributed by atoms with Gasteiger partial charge in [-0.05, 0) is 41.6 Å². The molecule has 3 aromatic rings. The second-order valence-electron chi connectivity index (χ2n) is 7.29. The maximum atomic E-state index is 13.4. The van der Waals surface area contributed by atoms with Crippen LogP contribution in [0.3, 0.4) is 0 Å². The van der Waals surface area contributed by atoms with Crippen LogP contribution in [0.25, 0.3) is 11.1 Å². The molecule has 0 spiro atoms. The number of nitrogens with zero attached hydrogens (tertiary/aromatic N) is 3. The number of benzene rings is 1. The second kappa shape index (κ2) is 9.77. The van der Waals surface area contributed by atoms with Crippen LogP contribution in [-0.4, -0.2) is 49.0 Å². The van der Waals surface area contributed by atoms with Crippen molar-refractivity contribution in [3.63, 3.8) is 0 Å². The number of aromatic nitrogens is 2. The molecule has 0 aliphatic carbocycles. The lowest BCUT2D eigenvalue weighted by Crippen LogP contribution is -2.52. The van der Waals surface area contributed by atoms with E-state index < -0.39 is 23.0 Å². The second-order valence-corrected chi connectivity index (χ2v) is 9.95. The Morgan fingerprint density at radius 2 is 2.25 bits per heavy atom. The van der Waals surface area contributed by atoms with Crippen molar-refractivity contribution in [1.29, 1.82) is 0 Å². The summed E-state index contributed by atoms with van der Waals surface area (Å²) >= 11 is 5.74. The average Bonchev–Trinajstić information content (AvgIpc) is 3.42. The summed E-state index contributed by atoms with van der Waals surface area (Å²) < 4.78 is 32.2. The van der Waals surface area contributed by atoms with Gasteiger partial charge in [0.15, 0.2) is 11.2 Å². The van der Waals surface area contributed by atoms with Gasteiger partial charge < -0.3 is 10.4 Å². The summed E-state index contributed by atoms with van der Waals surface area (Å²) in [5.74, 6) is -0.919. The van der Waals surface area contributed by atoms with Gasteiger partial charge in [0, 0.05) is 29.4 Å². The zero-order valence-electron chi connectivity index (χ0n) is 17.0. The fraction of sp³-hybridized carbons (Fsp3) is 0.300. The van der Waals surface area contributed by atoms with Crippen molar-refractivity contribution in [1.82, 2.24) is 18.8 Å².